The Balaban J connectivity index is 1.17. The summed E-state index contributed by atoms with van der Waals surface area (Å²) in [6.07, 6.45) is 5.03. The predicted octanol–water partition coefficient (Wildman–Crippen LogP) is 2.16. The molecule has 1 aromatic heterocycles. The molecule has 1 saturated carbocycles. The number of amides is 2. The van der Waals surface area contributed by atoms with E-state index in [4.69, 9.17) is 4.52 Å². The highest BCUT2D eigenvalue weighted by atomic mass is 32.2. The van der Waals surface area contributed by atoms with Crippen LogP contribution in [0.3, 0.4) is 0 Å². The molecule has 4 aliphatic rings. The minimum atomic E-state index is -3.69. The zero-order valence-corrected chi connectivity index (χ0v) is 18.2. The van der Waals surface area contributed by atoms with Crippen molar-refractivity contribution in [2.45, 2.75) is 73.9 Å². The molecule has 2 bridgehead atoms. The van der Waals surface area contributed by atoms with Crippen LogP contribution in [0.25, 0.3) is 0 Å². The van der Waals surface area contributed by atoms with Crippen LogP contribution >= 0.6 is 0 Å². The number of piperidine rings is 1. The van der Waals surface area contributed by atoms with Crippen molar-refractivity contribution in [1.82, 2.24) is 14.8 Å². The van der Waals surface area contributed by atoms with Crippen molar-refractivity contribution in [3.63, 3.8) is 0 Å². The lowest BCUT2D eigenvalue weighted by molar-refractivity contribution is -0.115. The molecule has 0 radical (unpaired) electrons. The summed E-state index contributed by atoms with van der Waals surface area (Å²) in [6, 6.07) is 6.14. The van der Waals surface area contributed by atoms with Crippen molar-refractivity contribution in [2.75, 3.05) is 5.32 Å². The van der Waals surface area contributed by atoms with Crippen LogP contribution in [0.5, 0.6) is 0 Å². The molecule has 1 aromatic carbocycles. The van der Waals surface area contributed by atoms with Gasteiger partial charge in [-0.25, -0.2) is 8.42 Å². The number of fused-ring (bicyclic) bond motifs is 3. The molecule has 168 valence electrons. The Morgan fingerprint density at radius 3 is 2.59 bits per heavy atom. The van der Waals surface area contributed by atoms with Crippen LogP contribution in [-0.2, 0) is 21.2 Å². The standard InChI is InChI=1S/C22H24N4O5S/c27-21-8-13-7-17(5-6-18(13)24-21)32(29,30)26-15-3-4-16(26)10-14(9-15)23-22(28)19-11-20(31-25-19)12-1-2-12/h5-7,11-12,14-16H,1-4,8-10H2,(H,23,28)(H,24,27)/t14-,15-,16+. The number of benzene rings is 1. The number of nitrogens with zero attached hydrogens (tertiary/aromatic N) is 2. The second kappa shape index (κ2) is 7.14. The largest absolute Gasteiger partial charge is 0.360 e. The van der Waals surface area contributed by atoms with Gasteiger partial charge in [0.1, 0.15) is 5.76 Å². The molecule has 6 rings (SSSR count). The van der Waals surface area contributed by atoms with E-state index in [1.165, 1.54) is 0 Å². The summed E-state index contributed by atoms with van der Waals surface area (Å²) in [5, 5.41) is 9.67. The van der Waals surface area contributed by atoms with E-state index in [0.29, 0.717) is 30.0 Å². The highest BCUT2D eigenvalue weighted by molar-refractivity contribution is 7.89. The van der Waals surface area contributed by atoms with Gasteiger partial charge in [0.25, 0.3) is 5.91 Å². The Hall–Kier alpha value is -2.72. The number of aromatic nitrogens is 1. The normalized spacial score (nSPS) is 27.2. The summed E-state index contributed by atoms with van der Waals surface area (Å²) < 4.78 is 33.8. The first-order valence-corrected chi connectivity index (χ1v) is 12.6. The number of nitrogens with one attached hydrogen (secondary N) is 2. The third-order valence-corrected chi connectivity index (χ3v) is 9.02. The number of anilines is 1. The van der Waals surface area contributed by atoms with Gasteiger partial charge in [-0.05, 0) is 62.3 Å². The van der Waals surface area contributed by atoms with Crippen molar-refractivity contribution in [3.05, 3.63) is 41.3 Å². The molecule has 3 fully saturated rings. The van der Waals surface area contributed by atoms with Gasteiger partial charge in [-0.1, -0.05) is 5.16 Å². The Morgan fingerprint density at radius 2 is 1.88 bits per heavy atom. The first kappa shape index (κ1) is 19.9. The van der Waals surface area contributed by atoms with Crippen molar-refractivity contribution in [1.29, 1.82) is 0 Å². The van der Waals surface area contributed by atoms with E-state index in [2.05, 4.69) is 15.8 Å². The molecule has 2 N–H and O–H groups in total. The summed E-state index contributed by atoms with van der Waals surface area (Å²) in [6.45, 7) is 0. The fourth-order valence-corrected chi connectivity index (χ4v) is 7.29. The second-order valence-electron chi connectivity index (χ2n) is 9.29. The van der Waals surface area contributed by atoms with Crippen LogP contribution in [0.1, 0.15) is 66.3 Å². The molecule has 1 aliphatic carbocycles. The molecule has 2 amide bonds. The van der Waals surface area contributed by atoms with Crippen LogP contribution in [0.2, 0.25) is 0 Å². The molecule has 4 heterocycles. The highest BCUT2D eigenvalue weighted by Crippen LogP contribution is 2.41. The topological polar surface area (TPSA) is 122 Å². The van der Waals surface area contributed by atoms with Crippen LogP contribution in [-0.4, -0.2) is 47.8 Å². The van der Waals surface area contributed by atoms with Gasteiger partial charge in [0.2, 0.25) is 15.9 Å². The van der Waals surface area contributed by atoms with Gasteiger partial charge in [0, 0.05) is 35.8 Å². The molecule has 10 heteroatoms. The minimum absolute atomic E-state index is 0.102. The Kier molecular flexibility index (Phi) is 4.45. The molecule has 0 unspecified atom stereocenters. The molecule has 2 saturated heterocycles. The zero-order chi connectivity index (χ0) is 22.0. The minimum Gasteiger partial charge on any atom is -0.360 e. The monoisotopic (exact) mass is 456 g/mol. The maximum Gasteiger partial charge on any atom is 0.273 e. The van der Waals surface area contributed by atoms with Gasteiger partial charge >= 0.3 is 0 Å². The molecular weight excluding hydrogens is 432 g/mol. The SMILES string of the molecule is O=C1Cc2cc(S(=O)(=O)N3[C@@H]4CC[C@H]3C[C@H](NC(=O)c3cc(C5CC5)on3)C4)ccc2N1. The van der Waals surface area contributed by atoms with Crippen molar-refractivity contribution < 1.29 is 22.5 Å². The Bertz CT molecular complexity index is 1200. The maximum atomic E-state index is 13.5. The van der Waals surface area contributed by atoms with Crippen molar-refractivity contribution >= 4 is 27.5 Å². The van der Waals surface area contributed by atoms with Gasteiger partial charge < -0.3 is 15.2 Å². The predicted molar refractivity (Wildman–Crippen MR) is 114 cm³/mol. The van der Waals surface area contributed by atoms with Crippen LogP contribution in [0, 0.1) is 0 Å². The zero-order valence-electron chi connectivity index (χ0n) is 17.4. The second-order valence-corrected chi connectivity index (χ2v) is 11.1. The van der Waals surface area contributed by atoms with Gasteiger partial charge in [-0.2, -0.15) is 4.31 Å². The molecular formula is C22H24N4O5S. The maximum absolute atomic E-state index is 13.5. The lowest BCUT2D eigenvalue weighted by Gasteiger charge is -2.38. The van der Waals surface area contributed by atoms with E-state index < -0.39 is 10.0 Å². The van der Waals surface area contributed by atoms with E-state index >= 15 is 0 Å². The summed E-state index contributed by atoms with van der Waals surface area (Å²) in [7, 11) is -3.69. The van der Waals surface area contributed by atoms with E-state index in [1.807, 2.05) is 0 Å². The fourth-order valence-electron chi connectivity index (χ4n) is 5.35. The van der Waals surface area contributed by atoms with E-state index in [-0.39, 0.29) is 47.0 Å². The van der Waals surface area contributed by atoms with Gasteiger partial charge in [-0.3, -0.25) is 9.59 Å². The smallest absolute Gasteiger partial charge is 0.273 e. The number of hydrogen-bond acceptors (Lipinski definition) is 6. The lowest BCUT2D eigenvalue weighted by Crippen LogP contribution is -2.52. The van der Waals surface area contributed by atoms with Crippen molar-refractivity contribution in [3.8, 4) is 0 Å². The summed E-state index contributed by atoms with van der Waals surface area (Å²) in [5.41, 5.74) is 1.68. The first-order valence-electron chi connectivity index (χ1n) is 11.1. The molecule has 0 spiro atoms. The molecule has 9 nitrogen and oxygen atoms in total. The lowest BCUT2D eigenvalue weighted by atomic mass is 9.99. The number of rotatable bonds is 5. The average molecular weight is 457 g/mol. The third kappa shape index (κ3) is 3.32. The molecule has 32 heavy (non-hydrogen) atoms. The van der Waals surface area contributed by atoms with Crippen LogP contribution in [0.15, 0.2) is 33.7 Å². The number of hydrogen-bond donors (Lipinski definition) is 2. The van der Waals surface area contributed by atoms with Gasteiger partial charge in [0.05, 0.1) is 11.3 Å². The first-order chi connectivity index (χ1) is 15.4. The molecule has 3 aliphatic heterocycles. The Labute approximate surface area is 185 Å². The number of sulfonamides is 1. The quantitative estimate of drug-likeness (QED) is 0.711. The van der Waals surface area contributed by atoms with Crippen LogP contribution < -0.4 is 10.6 Å². The van der Waals surface area contributed by atoms with E-state index in [1.54, 1.807) is 28.6 Å². The van der Waals surface area contributed by atoms with Gasteiger partial charge in [-0.15, -0.1) is 0 Å². The fraction of sp³-hybridized carbons (Fsp3) is 0.500. The van der Waals surface area contributed by atoms with Gasteiger partial charge in [0.15, 0.2) is 5.69 Å². The van der Waals surface area contributed by atoms with E-state index in [0.717, 1.165) is 31.4 Å². The molecule has 2 aromatic rings. The average Bonchev–Trinajstić information content (AvgIpc) is 3.23. The number of carbonyl (C=O) groups excluding carboxylic acids is 2. The third-order valence-electron chi connectivity index (χ3n) is 7.02. The Morgan fingerprint density at radius 1 is 1.12 bits per heavy atom. The summed E-state index contributed by atoms with van der Waals surface area (Å²) >= 11 is 0. The summed E-state index contributed by atoms with van der Waals surface area (Å²) in [5.74, 6) is 0.767. The highest BCUT2D eigenvalue weighted by Gasteiger charge is 2.47. The van der Waals surface area contributed by atoms with E-state index in [9.17, 15) is 18.0 Å². The van der Waals surface area contributed by atoms with Crippen LogP contribution in [0.4, 0.5) is 5.69 Å². The number of carbonyl (C=O) groups is 2. The van der Waals surface area contributed by atoms with Crippen molar-refractivity contribution in [2.24, 2.45) is 0 Å². The summed E-state index contributed by atoms with van der Waals surface area (Å²) in [4.78, 5) is 24.5. The molecule has 3 atom stereocenters.